The second kappa shape index (κ2) is 3.72. The van der Waals surface area contributed by atoms with Crippen molar-refractivity contribution in [2.45, 2.75) is 13.3 Å². The molecule has 1 aliphatic heterocycles. The van der Waals surface area contributed by atoms with E-state index in [1.807, 2.05) is 11.9 Å². The van der Waals surface area contributed by atoms with Crippen LogP contribution in [0.3, 0.4) is 0 Å². The summed E-state index contributed by atoms with van der Waals surface area (Å²) < 4.78 is 0. The molecule has 0 bridgehead atoms. The van der Waals surface area contributed by atoms with Gasteiger partial charge in [0.05, 0.1) is 0 Å². The first-order valence-corrected chi connectivity index (χ1v) is 4.14. The summed E-state index contributed by atoms with van der Waals surface area (Å²) in [6.45, 7) is 4.56. The number of nitrogens with one attached hydrogen (secondary N) is 1. The molecule has 1 rings (SSSR count). The lowest BCUT2D eigenvalue weighted by Gasteiger charge is -2.13. The Morgan fingerprint density at radius 2 is 2.45 bits per heavy atom. The Balaban J connectivity index is 2.29. The molecule has 1 heterocycles. The van der Waals surface area contributed by atoms with E-state index in [2.05, 4.69) is 5.32 Å². The summed E-state index contributed by atoms with van der Waals surface area (Å²) in [6, 6.07) is 0. The molecule has 0 radical (unpaired) electrons. The van der Waals surface area contributed by atoms with Crippen LogP contribution < -0.4 is 5.32 Å². The molecule has 0 aromatic rings. The van der Waals surface area contributed by atoms with Crippen molar-refractivity contribution in [3.8, 4) is 0 Å². The highest BCUT2D eigenvalue weighted by Crippen LogP contribution is 2.14. The van der Waals surface area contributed by atoms with Crippen molar-refractivity contribution >= 4 is 5.91 Å². The van der Waals surface area contributed by atoms with Gasteiger partial charge in [0, 0.05) is 20.0 Å². The Hall–Kier alpha value is -0.570. The number of rotatable bonds is 2. The minimum absolute atomic E-state index is 0.212. The molecule has 1 saturated heterocycles. The predicted molar refractivity (Wildman–Crippen MR) is 44.3 cm³/mol. The van der Waals surface area contributed by atoms with Gasteiger partial charge in [-0.2, -0.15) is 0 Å². The molecule has 1 amide bonds. The van der Waals surface area contributed by atoms with Crippen LogP contribution in [-0.4, -0.2) is 37.5 Å². The SMILES string of the molecule is CNCC1CCN(C(C)=O)C1. The number of amides is 1. The van der Waals surface area contributed by atoms with Gasteiger partial charge in [-0.25, -0.2) is 0 Å². The zero-order chi connectivity index (χ0) is 8.27. The maximum atomic E-state index is 10.9. The fourth-order valence-corrected chi connectivity index (χ4v) is 1.57. The Kier molecular flexibility index (Phi) is 2.88. The minimum Gasteiger partial charge on any atom is -0.343 e. The van der Waals surface area contributed by atoms with Gasteiger partial charge >= 0.3 is 0 Å². The summed E-state index contributed by atoms with van der Waals surface area (Å²) >= 11 is 0. The van der Waals surface area contributed by atoms with E-state index in [0.29, 0.717) is 5.92 Å². The van der Waals surface area contributed by atoms with E-state index in [4.69, 9.17) is 0 Å². The molecule has 11 heavy (non-hydrogen) atoms. The molecule has 1 N–H and O–H groups in total. The molecule has 3 heteroatoms. The maximum absolute atomic E-state index is 10.9. The zero-order valence-corrected chi connectivity index (χ0v) is 7.26. The van der Waals surface area contributed by atoms with Gasteiger partial charge in [0.1, 0.15) is 0 Å². The van der Waals surface area contributed by atoms with Gasteiger partial charge < -0.3 is 10.2 Å². The average Bonchev–Trinajstić information content (AvgIpc) is 2.37. The predicted octanol–water partition coefficient (Wildman–Crippen LogP) is 0.0742. The molecule has 3 nitrogen and oxygen atoms in total. The van der Waals surface area contributed by atoms with Gasteiger partial charge in [0.2, 0.25) is 5.91 Å². The van der Waals surface area contributed by atoms with Crippen LogP contribution in [0.2, 0.25) is 0 Å². The molecule has 0 spiro atoms. The maximum Gasteiger partial charge on any atom is 0.219 e. The number of hydrogen-bond acceptors (Lipinski definition) is 2. The molecular formula is C8H16N2O. The van der Waals surface area contributed by atoms with Crippen LogP contribution in [0.1, 0.15) is 13.3 Å². The van der Waals surface area contributed by atoms with E-state index in [0.717, 1.165) is 26.1 Å². The first-order chi connectivity index (χ1) is 5.24. The van der Waals surface area contributed by atoms with Crippen molar-refractivity contribution in [2.24, 2.45) is 5.92 Å². The van der Waals surface area contributed by atoms with Crippen LogP contribution >= 0.6 is 0 Å². The lowest BCUT2D eigenvalue weighted by molar-refractivity contribution is -0.127. The molecular weight excluding hydrogens is 140 g/mol. The minimum atomic E-state index is 0.212. The quantitative estimate of drug-likeness (QED) is 0.614. The van der Waals surface area contributed by atoms with Gasteiger partial charge in [-0.15, -0.1) is 0 Å². The van der Waals surface area contributed by atoms with Gasteiger partial charge in [0.25, 0.3) is 0 Å². The lowest BCUT2D eigenvalue weighted by atomic mass is 10.1. The van der Waals surface area contributed by atoms with E-state index >= 15 is 0 Å². The van der Waals surface area contributed by atoms with Gasteiger partial charge in [-0.3, -0.25) is 4.79 Å². The lowest BCUT2D eigenvalue weighted by Crippen LogP contribution is -2.28. The van der Waals surface area contributed by atoms with Crippen LogP contribution in [0.25, 0.3) is 0 Å². The normalized spacial score (nSPS) is 24.2. The Morgan fingerprint density at radius 3 is 2.91 bits per heavy atom. The van der Waals surface area contributed by atoms with Gasteiger partial charge in [-0.05, 0) is 25.9 Å². The van der Waals surface area contributed by atoms with E-state index < -0.39 is 0 Å². The van der Waals surface area contributed by atoms with E-state index in [9.17, 15) is 4.79 Å². The molecule has 64 valence electrons. The topological polar surface area (TPSA) is 32.3 Å². The number of nitrogens with zero attached hydrogens (tertiary/aromatic N) is 1. The Morgan fingerprint density at radius 1 is 1.73 bits per heavy atom. The molecule has 0 aromatic heterocycles. The zero-order valence-electron chi connectivity index (χ0n) is 7.26. The largest absolute Gasteiger partial charge is 0.343 e. The summed E-state index contributed by atoms with van der Waals surface area (Å²) in [5, 5.41) is 3.13. The van der Waals surface area contributed by atoms with Crippen molar-refractivity contribution < 1.29 is 4.79 Å². The van der Waals surface area contributed by atoms with Crippen LogP contribution in [0.15, 0.2) is 0 Å². The number of hydrogen-bond donors (Lipinski definition) is 1. The van der Waals surface area contributed by atoms with Crippen molar-refractivity contribution in [2.75, 3.05) is 26.7 Å². The molecule has 1 fully saturated rings. The van der Waals surface area contributed by atoms with Crippen LogP contribution in [-0.2, 0) is 4.79 Å². The number of carbonyl (C=O) groups excluding carboxylic acids is 1. The first-order valence-electron chi connectivity index (χ1n) is 4.14. The smallest absolute Gasteiger partial charge is 0.219 e. The number of carbonyl (C=O) groups is 1. The molecule has 0 saturated carbocycles. The second-order valence-electron chi connectivity index (χ2n) is 3.18. The molecule has 1 atom stereocenters. The molecule has 1 aliphatic rings. The number of likely N-dealkylation sites (tertiary alicyclic amines) is 1. The van der Waals surface area contributed by atoms with Gasteiger partial charge in [0.15, 0.2) is 0 Å². The fourth-order valence-electron chi connectivity index (χ4n) is 1.57. The van der Waals surface area contributed by atoms with Gasteiger partial charge in [-0.1, -0.05) is 0 Å². The van der Waals surface area contributed by atoms with Crippen LogP contribution in [0.4, 0.5) is 0 Å². The van der Waals surface area contributed by atoms with E-state index in [-0.39, 0.29) is 5.91 Å². The molecule has 0 aliphatic carbocycles. The highest BCUT2D eigenvalue weighted by atomic mass is 16.2. The first kappa shape index (κ1) is 8.53. The fraction of sp³-hybridized carbons (Fsp3) is 0.875. The summed E-state index contributed by atoms with van der Waals surface area (Å²) in [7, 11) is 1.95. The van der Waals surface area contributed by atoms with Crippen molar-refractivity contribution in [1.29, 1.82) is 0 Å². The average molecular weight is 156 g/mol. The van der Waals surface area contributed by atoms with Crippen LogP contribution in [0.5, 0.6) is 0 Å². The van der Waals surface area contributed by atoms with Crippen molar-refractivity contribution in [3.05, 3.63) is 0 Å². The second-order valence-corrected chi connectivity index (χ2v) is 3.18. The Labute approximate surface area is 67.8 Å². The molecule has 1 unspecified atom stereocenters. The summed E-state index contributed by atoms with van der Waals surface area (Å²) in [4.78, 5) is 12.8. The summed E-state index contributed by atoms with van der Waals surface area (Å²) in [6.07, 6.45) is 1.15. The van der Waals surface area contributed by atoms with Crippen LogP contribution in [0, 0.1) is 5.92 Å². The molecule has 0 aromatic carbocycles. The Bertz CT molecular complexity index is 147. The standard InChI is InChI=1S/C8H16N2O/c1-7(11)10-4-3-8(6-10)5-9-2/h8-9H,3-6H2,1-2H3. The monoisotopic (exact) mass is 156 g/mol. The van der Waals surface area contributed by atoms with E-state index in [1.165, 1.54) is 0 Å². The highest BCUT2D eigenvalue weighted by molar-refractivity contribution is 5.73. The third-order valence-electron chi connectivity index (χ3n) is 2.22. The summed E-state index contributed by atoms with van der Waals surface area (Å²) in [5.74, 6) is 0.882. The third-order valence-corrected chi connectivity index (χ3v) is 2.22. The van der Waals surface area contributed by atoms with Crippen molar-refractivity contribution in [3.63, 3.8) is 0 Å². The third kappa shape index (κ3) is 2.19. The van der Waals surface area contributed by atoms with Crippen molar-refractivity contribution in [1.82, 2.24) is 10.2 Å². The highest BCUT2D eigenvalue weighted by Gasteiger charge is 2.22. The van der Waals surface area contributed by atoms with E-state index in [1.54, 1.807) is 6.92 Å². The summed E-state index contributed by atoms with van der Waals surface area (Å²) in [5.41, 5.74) is 0.